The van der Waals surface area contributed by atoms with Gasteiger partial charge >= 0.3 is 5.97 Å². The van der Waals surface area contributed by atoms with Crippen molar-refractivity contribution in [1.82, 2.24) is 10.2 Å². The Morgan fingerprint density at radius 3 is 2.14 bits per heavy atom. The number of aliphatic carboxylic acids is 1. The van der Waals surface area contributed by atoms with E-state index in [-0.39, 0.29) is 36.0 Å². The molecule has 1 aliphatic heterocycles. The van der Waals surface area contributed by atoms with E-state index < -0.39 is 11.4 Å². The van der Waals surface area contributed by atoms with Crippen LogP contribution in [0.2, 0.25) is 0 Å². The molecule has 2 fully saturated rings. The molecule has 8 nitrogen and oxygen atoms in total. The Labute approximate surface area is 208 Å². The van der Waals surface area contributed by atoms with Gasteiger partial charge in [0.2, 0.25) is 5.91 Å². The zero-order valence-electron chi connectivity index (χ0n) is 21.0. The van der Waals surface area contributed by atoms with Gasteiger partial charge in [0.1, 0.15) is 5.84 Å². The molecule has 0 aromatic heterocycles. The highest BCUT2D eigenvalue weighted by Crippen LogP contribution is 2.35. The Kier molecular flexibility index (Phi) is 8.92. The number of rotatable bonds is 9. The van der Waals surface area contributed by atoms with Crippen molar-refractivity contribution >= 4 is 23.6 Å². The molecule has 1 aromatic rings. The molecule has 1 aromatic carbocycles. The van der Waals surface area contributed by atoms with Crippen LogP contribution in [0.5, 0.6) is 0 Å². The predicted octanol–water partition coefficient (Wildman–Crippen LogP) is 3.78. The van der Waals surface area contributed by atoms with Crippen LogP contribution in [0.4, 0.5) is 0 Å². The van der Waals surface area contributed by atoms with Crippen LogP contribution < -0.4 is 11.1 Å². The lowest BCUT2D eigenvalue weighted by Crippen LogP contribution is -2.55. The normalized spacial score (nSPS) is 18.6. The van der Waals surface area contributed by atoms with Crippen LogP contribution in [0.1, 0.15) is 87.6 Å². The largest absolute Gasteiger partial charge is 0.481 e. The molecule has 8 heteroatoms. The van der Waals surface area contributed by atoms with Crippen LogP contribution in [-0.2, 0) is 9.59 Å². The standard InChI is InChI=1S/C27H40N4O4/c1-27(2,26(35)31-14-12-19(13-15-31)17-23(32)33)22(16-18-6-4-3-5-7-18)30-25(34)21-10-8-20(9-11-21)24(28)29/h8-11,18-19,22H,3-7,12-17H2,1-2H3,(H3,28,29)(H,30,34)(H,32,33). The maximum atomic E-state index is 13.7. The summed E-state index contributed by atoms with van der Waals surface area (Å²) in [7, 11) is 0. The smallest absolute Gasteiger partial charge is 0.303 e. The Hall–Kier alpha value is -2.90. The molecule has 1 unspecified atom stereocenters. The van der Waals surface area contributed by atoms with E-state index >= 15 is 0 Å². The fourth-order valence-corrected chi connectivity index (χ4v) is 5.48. The Bertz CT molecular complexity index is 914. The molecule has 0 spiro atoms. The molecular weight excluding hydrogens is 444 g/mol. The zero-order chi connectivity index (χ0) is 25.6. The first-order chi connectivity index (χ1) is 16.6. The van der Waals surface area contributed by atoms with Gasteiger partial charge in [0.25, 0.3) is 5.91 Å². The van der Waals surface area contributed by atoms with Crippen molar-refractivity contribution in [3.63, 3.8) is 0 Å². The number of carboxylic acid groups (broad SMARTS) is 1. The van der Waals surface area contributed by atoms with E-state index in [1.54, 1.807) is 24.3 Å². The first kappa shape index (κ1) is 26.7. The maximum absolute atomic E-state index is 13.7. The number of nitrogens with one attached hydrogen (secondary N) is 2. The second-order valence-corrected chi connectivity index (χ2v) is 10.8. The van der Waals surface area contributed by atoms with Crippen molar-refractivity contribution in [3.05, 3.63) is 35.4 Å². The Morgan fingerprint density at radius 2 is 1.60 bits per heavy atom. The number of nitrogen functional groups attached to an aromatic ring is 1. The van der Waals surface area contributed by atoms with Crippen LogP contribution in [0, 0.1) is 22.7 Å². The van der Waals surface area contributed by atoms with E-state index in [4.69, 9.17) is 16.2 Å². The predicted molar refractivity (Wildman–Crippen MR) is 135 cm³/mol. The molecule has 1 heterocycles. The first-order valence-electron chi connectivity index (χ1n) is 12.8. The van der Waals surface area contributed by atoms with Crippen LogP contribution in [0.25, 0.3) is 0 Å². The summed E-state index contributed by atoms with van der Waals surface area (Å²) in [5.74, 6) is -0.480. The summed E-state index contributed by atoms with van der Waals surface area (Å²) in [5.41, 5.74) is 5.76. The molecule has 1 atom stereocenters. The van der Waals surface area contributed by atoms with Crippen LogP contribution in [0.3, 0.4) is 0 Å². The number of nitrogens with zero attached hydrogens (tertiary/aromatic N) is 1. The highest BCUT2D eigenvalue weighted by molar-refractivity contribution is 5.98. The summed E-state index contributed by atoms with van der Waals surface area (Å²) < 4.78 is 0. The van der Waals surface area contributed by atoms with Gasteiger partial charge in [0, 0.05) is 36.7 Å². The molecule has 1 saturated carbocycles. The lowest BCUT2D eigenvalue weighted by molar-refractivity contribution is -0.144. The van der Waals surface area contributed by atoms with Crippen molar-refractivity contribution < 1.29 is 19.5 Å². The lowest BCUT2D eigenvalue weighted by atomic mass is 9.74. The number of likely N-dealkylation sites (tertiary alicyclic amines) is 1. The summed E-state index contributed by atoms with van der Waals surface area (Å²) in [6.45, 7) is 4.95. The molecule has 0 radical (unpaired) electrons. The number of carbonyl (C=O) groups excluding carboxylic acids is 2. The van der Waals surface area contributed by atoms with Crippen molar-refractivity contribution in [2.45, 2.75) is 77.7 Å². The highest BCUT2D eigenvalue weighted by Gasteiger charge is 2.42. The summed E-state index contributed by atoms with van der Waals surface area (Å²) in [4.78, 5) is 39.8. The van der Waals surface area contributed by atoms with Gasteiger partial charge in [-0.05, 0) is 57.1 Å². The number of piperidine rings is 1. The van der Waals surface area contributed by atoms with Crippen molar-refractivity contribution in [2.75, 3.05) is 13.1 Å². The third-order valence-electron chi connectivity index (χ3n) is 7.84. The topological polar surface area (TPSA) is 137 Å². The third-order valence-corrected chi connectivity index (χ3v) is 7.84. The molecule has 2 amide bonds. The third kappa shape index (κ3) is 7.05. The van der Waals surface area contributed by atoms with Gasteiger partial charge in [-0.3, -0.25) is 19.8 Å². The summed E-state index contributed by atoms with van der Waals surface area (Å²) in [5, 5.41) is 19.8. The second kappa shape index (κ2) is 11.7. The minimum atomic E-state index is -0.800. The Morgan fingerprint density at radius 1 is 1.03 bits per heavy atom. The van der Waals surface area contributed by atoms with Crippen LogP contribution in [-0.4, -0.2) is 52.8 Å². The highest BCUT2D eigenvalue weighted by atomic mass is 16.4. The number of amides is 2. The van der Waals surface area contributed by atoms with E-state index in [0.717, 1.165) is 19.3 Å². The van der Waals surface area contributed by atoms with Gasteiger partial charge in [-0.1, -0.05) is 44.2 Å². The quantitative estimate of drug-likeness (QED) is 0.312. The molecule has 5 N–H and O–H groups in total. The van der Waals surface area contributed by atoms with Gasteiger partial charge in [0.05, 0.1) is 5.41 Å². The van der Waals surface area contributed by atoms with Crippen molar-refractivity contribution in [2.24, 2.45) is 23.0 Å². The van der Waals surface area contributed by atoms with E-state index in [2.05, 4.69) is 5.32 Å². The fourth-order valence-electron chi connectivity index (χ4n) is 5.48. The summed E-state index contributed by atoms with van der Waals surface area (Å²) in [6, 6.07) is 6.31. The molecule has 1 aliphatic carbocycles. The minimum Gasteiger partial charge on any atom is -0.481 e. The van der Waals surface area contributed by atoms with Crippen LogP contribution >= 0.6 is 0 Å². The van der Waals surface area contributed by atoms with Gasteiger partial charge in [0.15, 0.2) is 0 Å². The summed E-state index contributed by atoms with van der Waals surface area (Å²) in [6.07, 6.45) is 8.12. The molecule has 35 heavy (non-hydrogen) atoms. The fraction of sp³-hybridized carbons (Fsp3) is 0.630. The molecule has 192 valence electrons. The zero-order valence-corrected chi connectivity index (χ0v) is 21.0. The second-order valence-electron chi connectivity index (χ2n) is 10.8. The molecule has 0 bridgehead atoms. The number of benzene rings is 1. The molecule has 2 aliphatic rings. The SMILES string of the molecule is CC(C)(C(=O)N1CCC(CC(=O)O)CC1)C(CC1CCCCC1)NC(=O)c1ccc(C(=N)N)cc1. The van der Waals surface area contributed by atoms with E-state index in [1.807, 2.05) is 18.7 Å². The number of carbonyl (C=O) groups is 3. The number of nitrogens with two attached hydrogens (primary N) is 1. The molecule has 1 saturated heterocycles. The van der Waals surface area contributed by atoms with Gasteiger partial charge < -0.3 is 21.1 Å². The van der Waals surface area contributed by atoms with Crippen molar-refractivity contribution in [1.29, 1.82) is 5.41 Å². The average molecular weight is 485 g/mol. The van der Waals surface area contributed by atoms with E-state index in [0.29, 0.717) is 43.0 Å². The molecular formula is C27H40N4O4. The number of amidine groups is 1. The van der Waals surface area contributed by atoms with Gasteiger partial charge in [-0.15, -0.1) is 0 Å². The lowest BCUT2D eigenvalue weighted by Gasteiger charge is -2.42. The summed E-state index contributed by atoms with van der Waals surface area (Å²) >= 11 is 0. The van der Waals surface area contributed by atoms with Crippen LogP contribution in [0.15, 0.2) is 24.3 Å². The van der Waals surface area contributed by atoms with Gasteiger partial charge in [-0.2, -0.15) is 0 Å². The van der Waals surface area contributed by atoms with E-state index in [1.165, 1.54) is 19.3 Å². The molecule has 3 rings (SSSR count). The maximum Gasteiger partial charge on any atom is 0.303 e. The first-order valence-corrected chi connectivity index (χ1v) is 12.8. The van der Waals surface area contributed by atoms with Crippen molar-refractivity contribution in [3.8, 4) is 0 Å². The van der Waals surface area contributed by atoms with Gasteiger partial charge in [-0.25, -0.2) is 0 Å². The number of carboxylic acids is 1. The number of hydrogen-bond acceptors (Lipinski definition) is 4. The number of hydrogen-bond donors (Lipinski definition) is 4. The average Bonchev–Trinajstić information content (AvgIpc) is 2.84. The Balaban J connectivity index is 1.74. The van der Waals surface area contributed by atoms with E-state index in [9.17, 15) is 14.4 Å². The monoisotopic (exact) mass is 484 g/mol. The minimum absolute atomic E-state index is 0.0133.